The van der Waals surface area contributed by atoms with E-state index in [1.54, 1.807) is 11.0 Å². The number of rotatable bonds is 1. The van der Waals surface area contributed by atoms with Gasteiger partial charge in [-0.1, -0.05) is 0 Å². The minimum Gasteiger partial charge on any atom is -0.465 e. The SMILES string of the molecule is COC(=O)c1cc2c(cc1C)NCCN2C(=O)OC(C)(C)C. The van der Waals surface area contributed by atoms with Crippen LogP contribution in [0.5, 0.6) is 0 Å². The number of hydrogen-bond donors (Lipinski definition) is 1. The zero-order chi connectivity index (χ0) is 16.5. The molecule has 1 heterocycles. The first kappa shape index (κ1) is 16.1. The largest absolute Gasteiger partial charge is 0.465 e. The maximum atomic E-state index is 12.4. The summed E-state index contributed by atoms with van der Waals surface area (Å²) in [5.41, 5.74) is 2.11. The van der Waals surface area contributed by atoms with Crippen molar-refractivity contribution in [3.8, 4) is 0 Å². The molecule has 0 aromatic heterocycles. The molecule has 120 valence electrons. The lowest BCUT2D eigenvalue weighted by Gasteiger charge is -2.32. The van der Waals surface area contributed by atoms with Crippen LogP contribution in [-0.4, -0.2) is 37.9 Å². The Hall–Kier alpha value is -2.24. The second-order valence-corrected chi connectivity index (χ2v) is 6.23. The van der Waals surface area contributed by atoms with Gasteiger partial charge in [0.15, 0.2) is 0 Å². The van der Waals surface area contributed by atoms with Crippen molar-refractivity contribution >= 4 is 23.4 Å². The van der Waals surface area contributed by atoms with Crippen molar-refractivity contribution in [2.45, 2.75) is 33.3 Å². The number of nitrogens with zero attached hydrogens (tertiary/aromatic N) is 1. The van der Waals surface area contributed by atoms with Crippen LogP contribution in [0.1, 0.15) is 36.7 Å². The molecule has 0 saturated heterocycles. The van der Waals surface area contributed by atoms with Gasteiger partial charge in [0, 0.05) is 13.1 Å². The van der Waals surface area contributed by atoms with Crippen molar-refractivity contribution in [1.82, 2.24) is 0 Å². The number of carbonyl (C=O) groups is 2. The van der Waals surface area contributed by atoms with Crippen LogP contribution in [0.2, 0.25) is 0 Å². The van der Waals surface area contributed by atoms with Gasteiger partial charge in [-0.15, -0.1) is 0 Å². The highest BCUT2D eigenvalue weighted by Crippen LogP contribution is 2.33. The molecule has 0 radical (unpaired) electrons. The number of anilines is 2. The number of carbonyl (C=O) groups excluding carboxylic acids is 2. The Bertz CT molecular complexity index is 605. The maximum Gasteiger partial charge on any atom is 0.414 e. The first-order valence-corrected chi connectivity index (χ1v) is 7.20. The minimum absolute atomic E-state index is 0.421. The first-order valence-electron chi connectivity index (χ1n) is 7.20. The number of esters is 1. The third-order valence-corrected chi connectivity index (χ3v) is 3.30. The fourth-order valence-electron chi connectivity index (χ4n) is 2.32. The molecule has 1 aromatic rings. The third kappa shape index (κ3) is 3.32. The molecule has 1 aromatic carbocycles. The summed E-state index contributed by atoms with van der Waals surface area (Å²) in [6.07, 6.45) is -0.421. The number of nitrogens with one attached hydrogen (secondary N) is 1. The highest BCUT2D eigenvalue weighted by Gasteiger charge is 2.28. The molecule has 1 aliphatic heterocycles. The lowest BCUT2D eigenvalue weighted by molar-refractivity contribution is 0.0573. The molecule has 1 N–H and O–H groups in total. The summed E-state index contributed by atoms with van der Waals surface area (Å²) in [6.45, 7) is 8.41. The number of ether oxygens (including phenoxy) is 2. The highest BCUT2D eigenvalue weighted by molar-refractivity contribution is 5.99. The monoisotopic (exact) mass is 306 g/mol. The number of methoxy groups -OCH3 is 1. The number of aryl methyl sites for hydroxylation is 1. The summed E-state index contributed by atoms with van der Waals surface area (Å²) < 4.78 is 10.2. The van der Waals surface area contributed by atoms with Crippen LogP contribution < -0.4 is 10.2 Å². The van der Waals surface area contributed by atoms with Gasteiger partial charge in [0.1, 0.15) is 5.60 Å². The molecular weight excluding hydrogens is 284 g/mol. The molecule has 2 rings (SSSR count). The normalized spacial score (nSPS) is 14.0. The number of fused-ring (bicyclic) bond motifs is 1. The summed E-state index contributed by atoms with van der Waals surface area (Å²) in [4.78, 5) is 25.8. The van der Waals surface area contributed by atoms with Crippen LogP contribution in [0.4, 0.5) is 16.2 Å². The lowest BCUT2D eigenvalue weighted by atomic mass is 10.0. The maximum absolute atomic E-state index is 12.4. The average Bonchev–Trinajstić information content (AvgIpc) is 2.43. The van der Waals surface area contributed by atoms with Crippen LogP contribution in [0.25, 0.3) is 0 Å². The number of hydrogen-bond acceptors (Lipinski definition) is 5. The van der Waals surface area contributed by atoms with Crippen LogP contribution in [0.15, 0.2) is 12.1 Å². The molecule has 1 aliphatic rings. The Kier molecular flexibility index (Phi) is 4.30. The zero-order valence-electron chi connectivity index (χ0n) is 13.6. The number of benzene rings is 1. The summed E-state index contributed by atoms with van der Waals surface area (Å²) >= 11 is 0. The van der Waals surface area contributed by atoms with E-state index in [9.17, 15) is 9.59 Å². The van der Waals surface area contributed by atoms with E-state index in [1.165, 1.54) is 7.11 Å². The fraction of sp³-hybridized carbons (Fsp3) is 0.500. The van der Waals surface area contributed by atoms with E-state index in [0.717, 1.165) is 11.3 Å². The Morgan fingerprint density at radius 1 is 1.27 bits per heavy atom. The van der Waals surface area contributed by atoms with E-state index < -0.39 is 17.7 Å². The van der Waals surface area contributed by atoms with E-state index >= 15 is 0 Å². The molecule has 22 heavy (non-hydrogen) atoms. The van der Waals surface area contributed by atoms with Gasteiger partial charge >= 0.3 is 12.1 Å². The van der Waals surface area contributed by atoms with Gasteiger partial charge in [0.05, 0.1) is 24.0 Å². The average molecular weight is 306 g/mol. The summed E-state index contributed by atoms with van der Waals surface area (Å²) in [7, 11) is 1.34. The van der Waals surface area contributed by atoms with Gasteiger partial charge in [-0.3, -0.25) is 4.90 Å². The van der Waals surface area contributed by atoms with Crippen LogP contribution >= 0.6 is 0 Å². The summed E-state index contributed by atoms with van der Waals surface area (Å²) in [5, 5.41) is 3.23. The molecular formula is C16H22N2O4. The summed E-state index contributed by atoms with van der Waals surface area (Å²) in [5.74, 6) is -0.421. The molecule has 1 amide bonds. The Balaban J connectivity index is 2.40. The summed E-state index contributed by atoms with van der Waals surface area (Å²) in [6, 6.07) is 3.52. The van der Waals surface area contributed by atoms with Crippen molar-refractivity contribution < 1.29 is 19.1 Å². The minimum atomic E-state index is -0.571. The predicted molar refractivity (Wildman–Crippen MR) is 84.6 cm³/mol. The third-order valence-electron chi connectivity index (χ3n) is 3.30. The van der Waals surface area contributed by atoms with Gasteiger partial charge in [-0.25, -0.2) is 9.59 Å². The van der Waals surface area contributed by atoms with Crippen molar-refractivity contribution in [1.29, 1.82) is 0 Å². The molecule has 0 fully saturated rings. The standard InChI is InChI=1S/C16H22N2O4/c1-10-8-12-13(9-11(10)14(19)21-5)18(7-6-17-12)15(20)22-16(2,3)4/h8-9,17H,6-7H2,1-5H3. The van der Waals surface area contributed by atoms with Gasteiger partial charge in [0.25, 0.3) is 0 Å². The molecule has 6 nitrogen and oxygen atoms in total. The predicted octanol–water partition coefficient (Wildman–Crippen LogP) is 2.95. The second-order valence-electron chi connectivity index (χ2n) is 6.23. The number of amides is 1. The topological polar surface area (TPSA) is 67.9 Å². The van der Waals surface area contributed by atoms with E-state index in [-0.39, 0.29) is 0 Å². The van der Waals surface area contributed by atoms with Crippen molar-refractivity contribution in [3.63, 3.8) is 0 Å². The highest BCUT2D eigenvalue weighted by atomic mass is 16.6. The molecule has 0 spiro atoms. The molecule has 0 unspecified atom stereocenters. The van der Waals surface area contributed by atoms with Crippen molar-refractivity contribution in [2.75, 3.05) is 30.4 Å². The van der Waals surface area contributed by atoms with Crippen LogP contribution in [0.3, 0.4) is 0 Å². The van der Waals surface area contributed by atoms with Crippen molar-refractivity contribution in [2.24, 2.45) is 0 Å². The van der Waals surface area contributed by atoms with Gasteiger partial charge in [-0.2, -0.15) is 0 Å². The van der Waals surface area contributed by atoms with Crippen LogP contribution in [0, 0.1) is 6.92 Å². The smallest absolute Gasteiger partial charge is 0.414 e. The molecule has 6 heteroatoms. The van der Waals surface area contributed by atoms with Crippen LogP contribution in [-0.2, 0) is 9.47 Å². The lowest BCUT2D eigenvalue weighted by Crippen LogP contribution is -2.42. The molecule has 0 atom stereocenters. The quantitative estimate of drug-likeness (QED) is 0.808. The molecule has 0 bridgehead atoms. The Morgan fingerprint density at radius 2 is 1.95 bits per heavy atom. The van der Waals surface area contributed by atoms with Crippen molar-refractivity contribution in [3.05, 3.63) is 23.3 Å². The van der Waals surface area contributed by atoms with E-state index in [0.29, 0.717) is 24.3 Å². The van der Waals surface area contributed by atoms with Gasteiger partial charge < -0.3 is 14.8 Å². The molecule has 0 saturated carbocycles. The first-order chi connectivity index (χ1) is 10.2. The second kappa shape index (κ2) is 5.87. The Morgan fingerprint density at radius 3 is 2.55 bits per heavy atom. The van der Waals surface area contributed by atoms with Gasteiger partial charge in [0.2, 0.25) is 0 Å². The van der Waals surface area contributed by atoms with Gasteiger partial charge in [-0.05, 0) is 45.4 Å². The Labute approximate surface area is 130 Å². The molecule has 0 aliphatic carbocycles. The zero-order valence-corrected chi connectivity index (χ0v) is 13.6. The van der Waals surface area contributed by atoms with E-state index in [2.05, 4.69) is 5.32 Å². The van der Waals surface area contributed by atoms with E-state index in [4.69, 9.17) is 9.47 Å². The fourth-order valence-corrected chi connectivity index (χ4v) is 2.32. The van der Waals surface area contributed by atoms with E-state index in [1.807, 2.05) is 33.8 Å².